The highest BCUT2D eigenvalue weighted by atomic mass is 16.2. The van der Waals surface area contributed by atoms with E-state index in [0.29, 0.717) is 5.69 Å². The molecule has 1 aromatic carbocycles. The highest BCUT2D eigenvalue weighted by Gasteiger charge is 2.19. The average Bonchev–Trinajstić information content (AvgIpc) is 2.83. The van der Waals surface area contributed by atoms with Crippen molar-refractivity contribution in [2.45, 2.75) is 6.92 Å². The van der Waals surface area contributed by atoms with E-state index >= 15 is 0 Å². The van der Waals surface area contributed by atoms with Gasteiger partial charge in [-0.2, -0.15) is 0 Å². The van der Waals surface area contributed by atoms with Crippen LogP contribution in [0, 0.1) is 6.92 Å². The van der Waals surface area contributed by atoms with Crippen LogP contribution < -0.4 is 10.2 Å². The second kappa shape index (κ2) is 4.60. The molecule has 88 valence electrons. The number of nitrogens with zero attached hydrogens (tertiary/aromatic N) is 4. The summed E-state index contributed by atoms with van der Waals surface area (Å²) in [4.78, 5) is 13.2. The van der Waals surface area contributed by atoms with Gasteiger partial charge in [-0.25, -0.2) is 14.8 Å². The Morgan fingerprint density at radius 2 is 2.29 bits per heavy atom. The molecule has 0 unspecified atom stereocenters. The van der Waals surface area contributed by atoms with Crippen LogP contribution in [0.4, 0.5) is 16.4 Å². The molecule has 17 heavy (non-hydrogen) atoms. The van der Waals surface area contributed by atoms with Gasteiger partial charge in [-0.15, -0.1) is 0 Å². The van der Waals surface area contributed by atoms with Crippen molar-refractivity contribution in [2.75, 3.05) is 11.9 Å². The lowest BCUT2D eigenvalue weighted by Crippen LogP contribution is -2.35. The predicted molar refractivity (Wildman–Crippen MR) is 62.0 cm³/mol. The van der Waals surface area contributed by atoms with Crippen molar-refractivity contribution >= 4 is 17.7 Å². The molecular formula is C10H12N6O. The normalized spacial score (nSPS) is 10.0. The maximum absolute atomic E-state index is 11.8. The number of H-pyrrole nitrogens is 1. The molecule has 1 aromatic heterocycles. The largest absolute Gasteiger partial charge is 0.340 e. The molecule has 0 atom stereocenters. The summed E-state index contributed by atoms with van der Waals surface area (Å²) >= 11 is 0. The molecular weight excluding hydrogens is 220 g/mol. The summed E-state index contributed by atoms with van der Waals surface area (Å²) < 4.78 is 0. The topological polar surface area (TPSA) is 86.8 Å². The monoisotopic (exact) mass is 232 g/mol. The van der Waals surface area contributed by atoms with Gasteiger partial charge < -0.3 is 5.32 Å². The molecule has 1 heterocycles. The Bertz CT molecular complexity index is 509. The van der Waals surface area contributed by atoms with Crippen molar-refractivity contribution in [1.82, 2.24) is 25.9 Å². The molecule has 0 radical (unpaired) electrons. The van der Waals surface area contributed by atoms with Crippen LogP contribution in [0.25, 0.3) is 0 Å². The van der Waals surface area contributed by atoms with Crippen LogP contribution in [0.1, 0.15) is 5.56 Å². The quantitative estimate of drug-likeness (QED) is 0.808. The van der Waals surface area contributed by atoms with E-state index in [1.807, 2.05) is 31.2 Å². The van der Waals surface area contributed by atoms with Crippen LogP contribution in [0.15, 0.2) is 24.3 Å². The van der Waals surface area contributed by atoms with Gasteiger partial charge in [0, 0.05) is 7.05 Å². The fourth-order valence-electron chi connectivity index (χ4n) is 1.46. The Morgan fingerprint density at radius 1 is 1.47 bits per heavy atom. The standard InChI is InChI=1S/C10H12N6O/c1-7-4-3-5-8(6-7)16(10(17)11-2)9-12-14-15-13-9/h3-6H,1-2H3,(H,11,17)(H,12,13,14,15). The third kappa shape index (κ3) is 2.22. The number of anilines is 2. The molecule has 7 heteroatoms. The van der Waals surface area contributed by atoms with Crippen molar-refractivity contribution in [3.63, 3.8) is 0 Å². The molecule has 0 saturated heterocycles. The third-order valence-electron chi connectivity index (χ3n) is 2.22. The molecule has 0 aliphatic rings. The van der Waals surface area contributed by atoms with E-state index < -0.39 is 0 Å². The number of urea groups is 1. The molecule has 0 aliphatic carbocycles. The molecule has 2 aromatic rings. The van der Waals surface area contributed by atoms with Crippen molar-refractivity contribution in [1.29, 1.82) is 0 Å². The summed E-state index contributed by atoms with van der Waals surface area (Å²) in [6, 6.07) is 7.19. The number of rotatable bonds is 2. The minimum absolute atomic E-state index is 0.273. The molecule has 0 aliphatic heterocycles. The van der Waals surface area contributed by atoms with Crippen molar-refractivity contribution in [2.24, 2.45) is 0 Å². The number of amides is 2. The Balaban J connectivity index is 2.44. The number of benzene rings is 1. The first kappa shape index (κ1) is 11.1. The lowest BCUT2D eigenvalue weighted by Gasteiger charge is -2.18. The van der Waals surface area contributed by atoms with Gasteiger partial charge >= 0.3 is 6.03 Å². The zero-order valence-corrected chi connectivity index (χ0v) is 9.51. The molecule has 2 N–H and O–H groups in total. The van der Waals surface area contributed by atoms with Gasteiger partial charge in [-0.1, -0.05) is 17.2 Å². The van der Waals surface area contributed by atoms with Crippen molar-refractivity contribution in [3.8, 4) is 0 Å². The van der Waals surface area contributed by atoms with E-state index in [0.717, 1.165) is 5.56 Å². The van der Waals surface area contributed by atoms with Crippen LogP contribution >= 0.6 is 0 Å². The Hall–Kier alpha value is -2.44. The fourth-order valence-corrected chi connectivity index (χ4v) is 1.46. The summed E-state index contributed by atoms with van der Waals surface area (Å²) in [5, 5.41) is 15.8. The zero-order valence-electron chi connectivity index (χ0n) is 9.51. The van der Waals surface area contributed by atoms with Crippen molar-refractivity contribution in [3.05, 3.63) is 29.8 Å². The van der Waals surface area contributed by atoms with E-state index in [9.17, 15) is 4.79 Å². The number of aromatic nitrogens is 4. The van der Waals surface area contributed by atoms with E-state index in [-0.39, 0.29) is 12.0 Å². The predicted octanol–water partition coefficient (Wildman–Crippen LogP) is 0.986. The number of aryl methyl sites for hydroxylation is 1. The first-order valence-corrected chi connectivity index (χ1v) is 5.04. The Kier molecular flexibility index (Phi) is 2.99. The molecule has 0 fully saturated rings. The number of nitrogens with one attached hydrogen (secondary N) is 2. The minimum Gasteiger partial charge on any atom is -0.340 e. The second-order valence-electron chi connectivity index (χ2n) is 3.45. The smallest absolute Gasteiger partial charge is 0.328 e. The van der Waals surface area contributed by atoms with Crippen LogP contribution in [-0.4, -0.2) is 33.7 Å². The third-order valence-corrected chi connectivity index (χ3v) is 2.22. The highest BCUT2D eigenvalue weighted by molar-refractivity contribution is 5.97. The Labute approximate surface area is 97.8 Å². The van der Waals surface area contributed by atoms with Gasteiger partial charge in [0.05, 0.1) is 5.69 Å². The van der Waals surface area contributed by atoms with E-state index in [2.05, 4.69) is 25.9 Å². The maximum atomic E-state index is 11.8. The highest BCUT2D eigenvalue weighted by Crippen LogP contribution is 2.21. The number of hydrogen-bond donors (Lipinski definition) is 2. The minimum atomic E-state index is -0.311. The summed E-state index contributed by atoms with van der Waals surface area (Å²) in [6.45, 7) is 1.95. The molecule has 2 amide bonds. The zero-order chi connectivity index (χ0) is 12.3. The Morgan fingerprint density at radius 3 is 2.88 bits per heavy atom. The first-order chi connectivity index (χ1) is 8.22. The average molecular weight is 232 g/mol. The molecule has 0 spiro atoms. The first-order valence-electron chi connectivity index (χ1n) is 5.04. The summed E-state index contributed by atoms with van der Waals surface area (Å²) in [7, 11) is 1.55. The lowest BCUT2D eigenvalue weighted by molar-refractivity contribution is 0.250. The van der Waals surface area contributed by atoms with E-state index in [1.54, 1.807) is 7.05 Å². The van der Waals surface area contributed by atoms with Crippen LogP contribution in [0.5, 0.6) is 0 Å². The van der Waals surface area contributed by atoms with Gasteiger partial charge in [-0.3, -0.25) is 0 Å². The molecule has 0 bridgehead atoms. The molecule has 7 nitrogen and oxygen atoms in total. The number of tetrazole rings is 1. The number of aromatic amines is 1. The fraction of sp³-hybridized carbons (Fsp3) is 0.200. The van der Waals surface area contributed by atoms with Crippen molar-refractivity contribution < 1.29 is 4.79 Å². The van der Waals surface area contributed by atoms with Gasteiger partial charge in [0.2, 0.25) is 0 Å². The van der Waals surface area contributed by atoms with Crippen LogP contribution in [0.3, 0.4) is 0 Å². The van der Waals surface area contributed by atoms with Crippen LogP contribution in [0.2, 0.25) is 0 Å². The van der Waals surface area contributed by atoms with Crippen LogP contribution in [-0.2, 0) is 0 Å². The van der Waals surface area contributed by atoms with Gasteiger partial charge in [0.15, 0.2) is 0 Å². The summed E-state index contributed by atoms with van der Waals surface area (Å²) in [5.74, 6) is 0.273. The summed E-state index contributed by atoms with van der Waals surface area (Å²) in [6.07, 6.45) is 0. The molecule has 2 rings (SSSR count). The second-order valence-corrected chi connectivity index (χ2v) is 3.45. The lowest BCUT2D eigenvalue weighted by atomic mass is 10.2. The number of carbonyl (C=O) groups is 1. The SMILES string of the molecule is CNC(=O)N(c1cccc(C)c1)c1nnn[nH]1. The van der Waals surface area contributed by atoms with E-state index in [4.69, 9.17) is 0 Å². The maximum Gasteiger partial charge on any atom is 0.328 e. The number of carbonyl (C=O) groups excluding carboxylic acids is 1. The van der Waals surface area contributed by atoms with Gasteiger partial charge in [-0.05, 0) is 35.0 Å². The van der Waals surface area contributed by atoms with Gasteiger partial charge in [0.25, 0.3) is 5.95 Å². The van der Waals surface area contributed by atoms with E-state index in [1.165, 1.54) is 4.90 Å². The molecule has 0 saturated carbocycles. The van der Waals surface area contributed by atoms with Gasteiger partial charge in [0.1, 0.15) is 0 Å². The summed E-state index contributed by atoms with van der Waals surface area (Å²) in [5.41, 5.74) is 1.74. The number of hydrogen-bond acceptors (Lipinski definition) is 4.